The van der Waals surface area contributed by atoms with Crippen LogP contribution in [0.25, 0.3) is 0 Å². The van der Waals surface area contributed by atoms with E-state index < -0.39 is 0 Å². The van der Waals surface area contributed by atoms with E-state index in [0.29, 0.717) is 37.4 Å². The van der Waals surface area contributed by atoms with Gasteiger partial charge in [0.15, 0.2) is 0 Å². The van der Waals surface area contributed by atoms with Gasteiger partial charge in [0.05, 0.1) is 13.2 Å². The summed E-state index contributed by atoms with van der Waals surface area (Å²) in [6.45, 7) is 3.55. The molecule has 2 aliphatic heterocycles. The maximum absolute atomic E-state index is 12.4. The Morgan fingerprint density at radius 3 is 2.84 bits per heavy atom. The number of hydrogen-bond acceptors (Lipinski definition) is 4. The van der Waals surface area contributed by atoms with Crippen molar-refractivity contribution in [2.75, 3.05) is 38.2 Å². The molecule has 1 aliphatic carbocycles. The van der Waals surface area contributed by atoms with Gasteiger partial charge in [-0.1, -0.05) is 6.07 Å². The van der Waals surface area contributed by atoms with Crippen LogP contribution in [0.2, 0.25) is 0 Å². The Labute approximate surface area is 112 Å². The first-order valence-electron chi connectivity index (χ1n) is 6.91. The van der Waals surface area contributed by atoms with Gasteiger partial charge in [0.25, 0.3) is 5.91 Å². The van der Waals surface area contributed by atoms with Gasteiger partial charge in [-0.15, -0.1) is 0 Å². The molecule has 1 saturated heterocycles. The Bertz CT molecular complexity index is 533. The lowest BCUT2D eigenvalue weighted by Gasteiger charge is -2.26. The number of pyridine rings is 1. The van der Waals surface area contributed by atoms with Crippen LogP contribution in [0.1, 0.15) is 28.9 Å². The molecule has 0 bridgehead atoms. The van der Waals surface area contributed by atoms with E-state index in [2.05, 4.69) is 16.4 Å². The molecule has 2 fully saturated rings. The summed E-state index contributed by atoms with van der Waals surface area (Å²) in [6.07, 6.45) is 2.48. The minimum absolute atomic E-state index is 0.0182. The molecule has 19 heavy (non-hydrogen) atoms. The summed E-state index contributed by atoms with van der Waals surface area (Å²) < 4.78 is 5.27. The molecule has 5 heteroatoms. The molecule has 100 valence electrons. The van der Waals surface area contributed by atoms with Crippen LogP contribution in [-0.2, 0) is 10.2 Å². The summed E-state index contributed by atoms with van der Waals surface area (Å²) in [6, 6.07) is 3.96. The number of hydrogen-bond donors (Lipinski definition) is 1. The van der Waals surface area contributed by atoms with Gasteiger partial charge in [-0.2, -0.15) is 0 Å². The van der Waals surface area contributed by atoms with E-state index in [4.69, 9.17) is 4.74 Å². The standard InChI is InChI=1S/C14H17N3O2/c18-13(17-5-7-19-8-6-17)11-2-1-10-12(16-11)15-9-14(10)3-4-14/h1-2H,3-9H2,(H,15,16). The highest BCUT2D eigenvalue weighted by Crippen LogP contribution is 2.53. The van der Waals surface area contributed by atoms with Crippen LogP contribution in [0, 0.1) is 0 Å². The predicted octanol–water partition coefficient (Wildman–Crippen LogP) is 1.01. The van der Waals surface area contributed by atoms with Crippen LogP contribution in [0.3, 0.4) is 0 Å². The van der Waals surface area contributed by atoms with Crippen molar-refractivity contribution in [3.63, 3.8) is 0 Å². The monoisotopic (exact) mass is 259 g/mol. The lowest BCUT2D eigenvalue weighted by atomic mass is 10.0. The Morgan fingerprint density at radius 2 is 2.11 bits per heavy atom. The number of morpholine rings is 1. The minimum Gasteiger partial charge on any atom is -0.378 e. The van der Waals surface area contributed by atoms with Crippen molar-refractivity contribution >= 4 is 11.7 Å². The zero-order chi connectivity index (χ0) is 12.9. The van der Waals surface area contributed by atoms with Crippen LogP contribution in [0.5, 0.6) is 0 Å². The number of fused-ring (bicyclic) bond motifs is 2. The van der Waals surface area contributed by atoms with E-state index in [1.165, 1.54) is 18.4 Å². The molecule has 1 saturated carbocycles. The number of nitrogens with zero attached hydrogens (tertiary/aromatic N) is 2. The number of rotatable bonds is 1. The largest absolute Gasteiger partial charge is 0.378 e. The second-order valence-corrected chi connectivity index (χ2v) is 5.63. The zero-order valence-electron chi connectivity index (χ0n) is 10.8. The molecule has 5 nitrogen and oxygen atoms in total. The molecule has 1 spiro atoms. The fraction of sp³-hybridized carbons (Fsp3) is 0.571. The lowest BCUT2D eigenvalue weighted by Crippen LogP contribution is -2.41. The van der Waals surface area contributed by atoms with Crippen LogP contribution in [-0.4, -0.2) is 48.6 Å². The van der Waals surface area contributed by atoms with E-state index in [9.17, 15) is 4.79 Å². The second-order valence-electron chi connectivity index (χ2n) is 5.63. The number of amides is 1. The zero-order valence-corrected chi connectivity index (χ0v) is 10.8. The fourth-order valence-electron chi connectivity index (χ4n) is 3.01. The predicted molar refractivity (Wildman–Crippen MR) is 70.4 cm³/mol. The molecule has 0 atom stereocenters. The van der Waals surface area contributed by atoms with Crippen molar-refractivity contribution in [3.8, 4) is 0 Å². The quantitative estimate of drug-likeness (QED) is 0.818. The fourth-order valence-corrected chi connectivity index (χ4v) is 3.01. The van der Waals surface area contributed by atoms with Gasteiger partial charge < -0.3 is 15.0 Å². The van der Waals surface area contributed by atoms with Gasteiger partial charge in [-0.05, 0) is 18.9 Å². The Hall–Kier alpha value is -1.62. The van der Waals surface area contributed by atoms with E-state index in [1.54, 1.807) is 0 Å². The SMILES string of the molecule is O=C(c1ccc2c(n1)NCC21CC1)N1CCOCC1. The van der Waals surface area contributed by atoms with E-state index in [0.717, 1.165) is 12.4 Å². The van der Waals surface area contributed by atoms with Crippen LogP contribution >= 0.6 is 0 Å². The molecular weight excluding hydrogens is 242 g/mol. The molecule has 1 aromatic heterocycles. The van der Waals surface area contributed by atoms with Crippen molar-refractivity contribution in [3.05, 3.63) is 23.4 Å². The first-order chi connectivity index (χ1) is 9.28. The summed E-state index contributed by atoms with van der Waals surface area (Å²) in [5, 5.41) is 3.34. The van der Waals surface area contributed by atoms with Crippen molar-refractivity contribution in [1.29, 1.82) is 0 Å². The third kappa shape index (κ3) is 1.72. The third-order valence-electron chi connectivity index (χ3n) is 4.43. The van der Waals surface area contributed by atoms with E-state index >= 15 is 0 Å². The number of ether oxygens (including phenoxy) is 1. The van der Waals surface area contributed by atoms with Crippen LogP contribution in [0.15, 0.2) is 12.1 Å². The van der Waals surface area contributed by atoms with Gasteiger partial charge in [0, 0.05) is 30.6 Å². The van der Waals surface area contributed by atoms with Crippen molar-refractivity contribution in [2.24, 2.45) is 0 Å². The molecule has 0 aromatic carbocycles. The van der Waals surface area contributed by atoms with Crippen molar-refractivity contribution in [1.82, 2.24) is 9.88 Å². The van der Waals surface area contributed by atoms with Gasteiger partial charge in [0.2, 0.25) is 0 Å². The van der Waals surface area contributed by atoms with E-state index in [-0.39, 0.29) is 5.91 Å². The molecule has 4 rings (SSSR count). The molecule has 3 heterocycles. The maximum atomic E-state index is 12.4. The van der Waals surface area contributed by atoms with Gasteiger partial charge in [-0.25, -0.2) is 4.98 Å². The second kappa shape index (κ2) is 3.93. The highest BCUT2D eigenvalue weighted by atomic mass is 16.5. The highest BCUT2D eigenvalue weighted by molar-refractivity contribution is 5.93. The van der Waals surface area contributed by atoms with Crippen LogP contribution in [0.4, 0.5) is 5.82 Å². The topological polar surface area (TPSA) is 54.5 Å². The molecule has 1 N–H and O–H groups in total. The highest BCUT2D eigenvalue weighted by Gasteiger charge is 2.49. The molecule has 3 aliphatic rings. The number of nitrogens with one attached hydrogen (secondary N) is 1. The molecule has 1 amide bonds. The maximum Gasteiger partial charge on any atom is 0.272 e. The van der Waals surface area contributed by atoms with Gasteiger partial charge in [-0.3, -0.25) is 4.79 Å². The minimum atomic E-state index is 0.0182. The molecule has 1 aromatic rings. The molecule has 0 radical (unpaired) electrons. The average molecular weight is 259 g/mol. The Kier molecular flexibility index (Phi) is 2.33. The Morgan fingerprint density at radius 1 is 1.32 bits per heavy atom. The van der Waals surface area contributed by atoms with Gasteiger partial charge >= 0.3 is 0 Å². The molecule has 0 unspecified atom stereocenters. The number of carbonyl (C=O) groups is 1. The summed E-state index contributed by atoms with van der Waals surface area (Å²) in [5.74, 6) is 0.932. The van der Waals surface area contributed by atoms with Crippen molar-refractivity contribution < 1.29 is 9.53 Å². The lowest BCUT2D eigenvalue weighted by molar-refractivity contribution is 0.0299. The number of anilines is 1. The summed E-state index contributed by atoms with van der Waals surface area (Å²) in [5.41, 5.74) is 2.18. The average Bonchev–Trinajstić information content (AvgIpc) is 3.17. The molecular formula is C14H17N3O2. The third-order valence-corrected chi connectivity index (χ3v) is 4.43. The first kappa shape index (κ1) is 11.2. The summed E-state index contributed by atoms with van der Waals surface area (Å²) >= 11 is 0. The normalized spacial score (nSPS) is 23.1. The summed E-state index contributed by atoms with van der Waals surface area (Å²) in [7, 11) is 0. The van der Waals surface area contributed by atoms with E-state index in [1.807, 2.05) is 11.0 Å². The number of carbonyl (C=O) groups excluding carboxylic acids is 1. The first-order valence-corrected chi connectivity index (χ1v) is 6.91. The smallest absolute Gasteiger partial charge is 0.272 e. The van der Waals surface area contributed by atoms with Crippen LogP contribution < -0.4 is 5.32 Å². The number of aromatic nitrogens is 1. The Balaban J connectivity index is 1.60. The summed E-state index contributed by atoms with van der Waals surface area (Å²) in [4.78, 5) is 18.7. The van der Waals surface area contributed by atoms with Crippen molar-refractivity contribution in [2.45, 2.75) is 18.3 Å². The van der Waals surface area contributed by atoms with Gasteiger partial charge in [0.1, 0.15) is 11.5 Å².